The van der Waals surface area contributed by atoms with E-state index in [4.69, 9.17) is 4.74 Å². The number of amides is 1. The molecular formula is C28H30F2N2O5S. The van der Waals surface area contributed by atoms with Gasteiger partial charge in [-0.1, -0.05) is 37.3 Å². The molecule has 1 aliphatic heterocycles. The highest BCUT2D eigenvalue weighted by molar-refractivity contribution is 7.89. The topological polar surface area (TPSA) is 87.2 Å². The maximum absolute atomic E-state index is 14.3. The van der Waals surface area contributed by atoms with Gasteiger partial charge in [-0.2, -0.15) is 4.31 Å². The second kappa shape index (κ2) is 11.2. The van der Waals surface area contributed by atoms with E-state index in [1.807, 2.05) is 0 Å². The van der Waals surface area contributed by atoms with E-state index in [0.29, 0.717) is 11.1 Å². The number of sulfonamides is 1. The van der Waals surface area contributed by atoms with Gasteiger partial charge in [-0.15, -0.1) is 0 Å². The standard InChI is InChI=1S/C28H30F2N2O5S/c1-18-15-32(19(2)17-33)38(35,36)27-13-10-21(20-8-11-22(29)12-9-20)14-25(27)37-26(18)16-31(3)28(34)23-6-4-5-7-24(23)30/h4-14,18-19,26,33H,15-17H2,1-3H3/t18-,19-,26+/m1/s1. The van der Waals surface area contributed by atoms with Crippen LogP contribution in [0.2, 0.25) is 0 Å². The van der Waals surface area contributed by atoms with Crippen molar-refractivity contribution in [2.24, 2.45) is 5.92 Å². The van der Waals surface area contributed by atoms with Gasteiger partial charge in [0.15, 0.2) is 0 Å². The average Bonchev–Trinajstić information content (AvgIpc) is 2.90. The molecule has 1 heterocycles. The molecule has 3 aromatic carbocycles. The normalized spacial score (nSPS) is 19.9. The molecule has 0 bridgehead atoms. The SMILES string of the molecule is C[C@@H]1CN([C@H](C)CO)S(=O)(=O)c2ccc(-c3ccc(F)cc3)cc2O[C@H]1CN(C)C(=O)c1ccccc1F. The molecule has 1 aliphatic rings. The first-order chi connectivity index (χ1) is 18.0. The first-order valence-electron chi connectivity index (χ1n) is 12.2. The molecule has 0 aromatic heterocycles. The first kappa shape index (κ1) is 27.7. The van der Waals surface area contributed by atoms with Crippen molar-refractivity contribution in [3.05, 3.63) is 83.9 Å². The van der Waals surface area contributed by atoms with Gasteiger partial charge in [0.1, 0.15) is 28.4 Å². The van der Waals surface area contributed by atoms with Crippen LogP contribution in [-0.4, -0.2) is 67.5 Å². The molecule has 1 amide bonds. The summed E-state index contributed by atoms with van der Waals surface area (Å²) in [5, 5.41) is 9.81. The van der Waals surface area contributed by atoms with Gasteiger partial charge in [-0.25, -0.2) is 17.2 Å². The number of hydrogen-bond acceptors (Lipinski definition) is 5. The predicted molar refractivity (Wildman–Crippen MR) is 139 cm³/mol. The lowest BCUT2D eigenvalue weighted by Crippen LogP contribution is -2.50. The molecule has 1 N–H and O–H groups in total. The van der Waals surface area contributed by atoms with E-state index < -0.39 is 45.6 Å². The minimum atomic E-state index is -4.05. The van der Waals surface area contributed by atoms with E-state index in [1.54, 1.807) is 44.2 Å². The molecule has 0 fully saturated rings. The Morgan fingerprint density at radius 1 is 1.11 bits per heavy atom. The van der Waals surface area contributed by atoms with Crippen molar-refractivity contribution < 1.29 is 31.8 Å². The van der Waals surface area contributed by atoms with Crippen LogP contribution < -0.4 is 4.74 Å². The van der Waals surface area contributed by atoms with E-state index >= 15 is 0 Å². The highest BCUT2D eigenvalue weighted by atomic mass is 32.2. The molecule has 0 aliphatic carbocycles. The van der Waals surface area contributed by atoms with Crippen LogP contribution in [0.4, 0.5) is 8.78 Å². The summed E-state index contributed by atoms with van der Waals surface area (Å²) in [5.74, 6) is -1.90. The summed E-state index contributed by atoms with van der Waals surface area (Å²) in [6.45, 7) is 3.12. The first-order valence-corrected chi connectivity index (χ1v) is 13.7. The second-order valence-corrected chi connectivity index (χ2v) is 11.4. The average molecular weight is 545 g/mol. The molecule has 38 heavy (non-hydrogen) atoms. The Bertz CT molecular complexity index is 1410. The zero-order valence-electron chi connectivity index (χ0n) is 21.3. The fourth-order valence-corrected chi connectivity index (χ4v) is 6.28. The molecule has 3 aromatic rings. The van der Waals surface area contributed by atoms with Gasteiger partial charge in [0.25, 0.3) is 5.91 Å². The summed E-state index contributed by atoms with van der Waals surface area (Å²) in [7, 11) is -2.52. The lowest BCUT2D eigenvalue weighted by atomic mass is 10.0. The Labute approximate surface area is 221 Å². The number of aliphatic hydroxyl groups is 1. The molecular weight excluding hydrogens is 514 g/mol. The van der Waals surface area contributed by atoms with Crippen LogP contribution in [0, 0.1) is 17.6 Å². The number of halogens is 2. The molecule has 10 heteroatoms. The van der Waals surface area contributed by atoms with Gasteiger partial charge in [-0.05, 0) is 54.4 Å². The maximum Gasteiger partial charge on any atom is 0.256 e. The number of rotatable bonds is 6. The van der Waals surface area contributed by atoms with Crippen molar-refractivity contribution in [3.8, 4) is 16.9 Å². The summed E-state index contributed by atoms with van der Waals surface area (Å²) >= 11 is 0. The number of hydrogen-bond donors (Lipinski definition) is 1. The summed E-state index contributed by atoms with van der Waals surface area (Å²) < 4.78 is 62.6. The Morgan fingerprint density at radius 2 is 1.76 bits per heavy atom. The summed E-state index contributed by atoms with van der Waals surface area (Å²) in [6.07, 6.45) is -0.665. The highest BCUT2D eigenvalue weighted by Gasteiger charge is 2.38. The van der Waals surface area contributed by atoms with Crippen LogP contribution in [0.15, 0.2) is 71.6 Å². The number of fused-ring (bicyclic) bond motifs is 1. The maximum atomic E-state index is 14.3. The molecule has 202 valence electrons. The van der Waals surface area contributed by atoms with Crippen LogP contribution in [0.5, 0.6) is 5.75 Å². The van der Waals surface area contributed by atoms with Gasteiger partial charge in [0.2, 0.25) is 10.0 Å². The molecule has 0 saturated heterocycles. The smallest absolute Gasteiger partial charge is 0.256 e. The molecule has 0 radical (unpaired) electrons. The van der Waals surface area contributed by atoms with Crippen molar-refractivity contribution in [2.75, 3.05) is 26.7 Å². The number of carbonyl (C=O) groups is 1. The molecule has 0 saturated carbocycles. The Balaban J connectivity index is 1.75. The lowest BCUT2D eigenvalue weighted by molar-refractivity contribution is 0.0560. The number of aliphatic hydroxyl groups excluding tert-OH is 1. The second-order valence-electron chi connectivity index (χ2n) is 9.57. The van der Waals surface area contributed by atoms with E-state index in [2.05, 4.69) is 0 Å². The largest absolute Gasteiger partial charge is 0.487 e. The van der Waals surface area contributed by atoms with Crippen molar-refractivity contribution in [1.29, 1.82) is 0 Å². The number of nitrogens with zero attached hydrogens (tertiary/aromatic N) is 2. The lowest BCUT2D eigenvalue weighted by Gasteiger charge is -2.37. The van der Waals surface area contributed by atoms with Crippen LogP contribution >= 0.6 is 0 Å². The van der Waals surface area contributed by atoms with Gasteiger partial charge >= 0.3 is 0 Å². The molecule has 0 spiro atoms. The molecule has 7 nitrogen and oxygen atoms in total. The predicted octanol–water partition coefficient (Wildman–Crippen LogP) is 4.17. The van der Waals surface area contributed by atoms with Crippen LogP contribution in [0.25, 0.3) is 11.1 Å². The fourth-order valence-electron chi connectivity index (χ4n) is 4.46. The Kier molecular flexibility index (Phi) is 8.15. The Morgan fingerprint density at radius 3 is 2.42 bits per heavy atom. The quantitative estimate of drug-likeness (QED) is 0.503. The van der Waals surface area contributed by atoms with Crippen LogP contribution in [0.3, 0.4) is 0 Å². The van der Waals surface area contributed by atoms with Crippen molar-refractivity contribution in [3.63, 3.8) is 0 Å². The fraction of sp³-hybridized carbons (Fsp3) is 0.321. The van der Waals surface area contributed by atoms with Crippen LogP contribution in [-0.2, 0) is 10.0 Å². The number of likely N-dealkylation sites (N-methyl/N-ethyl adjacent to an activating group) is 1. The molecule has 4 rings (SSSR count). The van der Waals surface area contributed by atoms with Gasteiger partial charge in [0, 0.05) is 25.6 Å². The van der Waals surface area contributed by atoms with Crippen LogP contribution in [0.1, 0.15) is 24.2 Å². The number of carbonyl (C=O) groups excluding carboxylic acids is 1. The third-order valence-electron chi connectivity index (χ3n) is 6.75. The minimum absolute atomic E-state index is 0.0373. The van der Waals surface area contributed by atoms with Crippen molar-refractivity contribution >= 4 is 15.9 Å². The molecule has 3 atom stereocenters. The van der Waals surface area contributed by atoms with Gasteiger partial charge in [0.05, 0.1) is 18.7 Å². The summed E-state index contributed by atoms with van der Waals surface area (Å²) in [5.41, 5.74) is 1.20. The summed E-state index contributed by atoms with van der Waals surface area (Å²) in [4.78, 5) is 14.3. The van der Waals surface area contributed by atoms with Crippen molar-refractivity contribution in [2.45, 2.75) is 30.9 Å². The van der Waals surface area contributed by atoms with Crippen molar-refractivity contribution in [1.82, 2.24) is 9.21 Å². The highest BCUT2D eigenvalue weighted by Crippen LogP contribution is 2.36. The zero-order valence-corrected chi connectivity index (χ0v) is 22.2. The van der Waals surface area contributed by atoms with Gasteiger partial charge in [-0.3, -0.25) is 4.79 Å². The monoisotopic (exact) mass is 544 g/mol. The number of ether oxygens (including phenoxy) is 1. The van der Waals surface area contributed by atoms with Gasteiger partial charge < -0.3 is 14.7 Å². The van der Waals surface area contributed by atoms with E-state index in [9.17, 15) is 27.1 Å². The Hall–Kier alpha value is -3.34. The number of benzene rings is 3. The zero-order chi connectivity index (χ0) is 27.6. The third kappa shape index (κ3) is 5.57. The van der Waals surface area contributed by atoms with E-state index in [-0.39, 0.29) is 35.9 Å². The summed E-state index contributed by atoms with van der Waals surface area (Å²) in [6, 6.07) is 15.4. The van der Waals surface area contributed by atoms with E-state index in [0.717, 1.165) is 0 Å². The van der Waals surface area contributed by atoms with E-state index in [1.165, 1.54) is 52.7 Å². The third-order valence-corrected chi connectivity index (χ3v) is 8.77. The molecule has 0 unspecified atom stereocenters. The minimum Gasteiger partial charge on any atom is -0.487 e.